The van der Waals surface area contributed by atoms with Crippen molar-refractivity contribution in [3.8, 4) is 0 Å². The molecular formula is C20H26ClN3O. The predicted octanol–water partition coefficient (Wildman–Crippen LogP) is 5.08. The molecule has 0 bridgehead atoms. The largest absolute Gasteiger partial charge is 0.385 e. The fourth-order valence-corrected chi connectivity index (χ4v) is 3.08. The first-order valence-electron chi connectivity index (χ1n) is 8.58. The smallest absolute Gasteiger partial charge is 0.115 e. The second-order valence-electron chi connectivity index (χ2n) is 8.96. The number of fused-ring (bicyclic) bond motifs is 1. The van der Waals surface area contributed by atoms with E-state index in [1.54, 1.807) is 10.9 Å². The Labute approximate surface area is 154 Å². The Kier molecular flexibility index (Phi) is 4.12. The van der Waals surface area contributed by atoms with Crippen LogP contribution in [0.4, 0.5) is 0 Å². The minimum Gasteiger partial charge on any atom is -0.385 e. The summed E-state index contributed by atoms with van der Waals surface area (Å²) >= 11 is 6.06. The molecule has 5 heteroatoms. The number of nitrogens with zero attached hydrogens (tertiary/aromatic N) is 3. The van der Waals surface area contributed by atoms with Crippen molar-refractivity contribution >= 4 is 28.3 Å². The Morgan fingerprint density at radius 2 is 1.72 bits per heavy atom. The van der Waals surface area contributed by atoms with Gasteiger partial charge in [0.1, 0.15) is 11.0 Å². The standard InChI is InChI=1S/C20H26ClN3O/c1-18(2,3)13-9-15(12-20(25,11-13)19(4,5)6)24-22-16-8-7-14(21)10-17(16)23-24/h7-11,25H,12H2,1-6H3. The average molecular weight is 360 g/mol. The molecule has 1 aromatic carbocycles. The van der Waals surface area contributed by atoms with Crippen LogP contribution in [0, 0.1) is 10.8 Å². The molecule has 0 radical (unpaired) electrons. The lowest BCUT2D eigenvalue weighted by Crippen LogP contribution is -2.44. The van der Waals surface area contributed by atoms with Gasteiger partial charge in [-0.1, -0.05) is 53.1 Å². The summed E-state index contributed by atoms with van der Waals surface area (Å²) in [6.07, 6.45) is 4.57. The van der Waals surface area contributed by atoms with Gasteiger partial charge in [0.05, 0.1) is 11.3 Å². The zero-order valence-corrected chi connectivity index (χ0v) is 16.5. The quantitative estimate of drug-likeness (QED) is 0.772. The molecular weight excluding hydrogens is 334 g/mol. The molecule has 0 spiro atoms. The van der Waals surface area contributed by atoms with E-state index in [4.69, 9.17) is 11.6 Å². The minimum atomic E-state index is -0.961. The topological polar surface area (TPSA) is 50.9 Å². The molecule has 1 N–H and O–H groups in total. The van der Waals surface area contributed by atoms with Crippen molar-refractivity contribution in [1.29, 1.82) is 0 Å². The van der Waals surface area contributed by atoms with E-state index in [-0.39, 0.29) is 10.8 Å². The van der Waals surface area contributed by atoms with Crippen LogP contribution in [0.2, 0.25) is 5.02 Å². The summed E-state index contributed by atoms with van der Waals surface area (Å²) < 4.78 is 0. The van der Waals surface area contributed by atoms with Gasteiger partial charge in [-0.25, -0.2) is 0 Å². The number of rotatable bonds is 1. The van der Waals surface area contributed by atoms with Gasteiger partial charge in [0.25, 0.3) is 0 Å². The third-order valence-corrected chi connectivity index (χ3v) is 5.17. The Bertz CT molecular complexity index is 880. The highest BCUT2D eigenvalue weighted by atomic mass is 35.5. The summed E-state index contributed by atoms with van der Waals surface area (Å²) in [5.41, 5.74) is 2.16. The molecule has 1 atom stereocenters. The van der Waals surface area contributed by atoms with Crippen molar-refractivity contribution in [3.05, 3.63) is 40.9 Å². The van der Waals surface area contributed by atoms with E-state index in [9.17, 15) is 5.11 Å². The van der Waals surface area contributed by atoms with E-state index >= 15 is 0 Å². The molecule has 1 aromatic heterocycles. The Morgan fingerprint density at radius 1 is 1.08 bits per heavy atom. The normalized spacial score (nSPS) is 22.1. The van der Waals surface area contributed by atoms with Crippen LogP contribution in [0.5, 0.6) is 0 Å². The van der Waals surface area contributed by atoms with Crippen LogP contribution < -0.4 is 0 Å². The lowest BCUT2D eigenvalue weighted by atomic mass is 9.68. The van der Waals surface area contributed by atoms with Crippen LogP contribution in [-0.4, -0.2) is 25.7 Å². The van der Waals surface area contributed by atoms with Gasteiger partial charge in [-0.3, -0.25) is 0 Å². The Balaban J connectivity index is 2.13. The van der Waals surface area contributed by atoms with Crippen molar-refractivity contribution in [2.75, 3.05) is 0 Å². The summed E-state index contributed by atoms with van der Waals surface area (Å²) in [5, 5.41) is 21.2. The predicted molar refractivity (Wildman–Crippen MR) is 103 cm³/mol. The molecule has 3 rings (SSSR count). The molecule has 1 heterocycles. The molecule has 1 unspecified atom stereocenters. The van der Waals surface area contributed by atoms with Gasteiger partial charge in [0.2, 0.25) is 0 Å². The number of aliphatic hydroxyl groups is 1. The number of aromatic nitrogens is 3. The zero-order valence-electron chi connectivity index (χ0n) is 15.8. The van der Waals surface area contributed by atoms with Crippen LogP contribution in [0.15, 0.2) is 35.9 Å². The van der Waals surface area contributed by atoms with Crippen molar-refractivity contribution in [2.45, 2.75) is 53.6 Å². The number of hydrogen-bond donors (Lipinski definition) is 1. The first-order chi connectivity index (χ1) is 11.4. The first kappa shape index (κ1) is 18.2. The SMILES string of the molecule is CC(C)(C)C1=CC(O)(C(C)(C)C)CC(n2nc3ccc(Cl)cc3n2)=C1. The number of benzene rings is 1. The molecule has 0 aliphatic heterocycles. The summed E-state index contributed by atoms with van der Waals surface area (Å²) in [7, 11) is 0. The van der Waals surface area contributed by atoms with Crippen molar-refractivity contribution < 1.29 is 5.11 Å². The van der Waals surface area contributed by atoms with Gasteiger partial charge in [0, 0.05) is 11.4 Å². The average Bonchev–Trinajstić information content (AvgIpc) is 2.87. The van der Waals surface area contributed by atoms with Crippen LogP contribution in [0.25, 0.3) is 16.7 Å². The van der Waals surface area contributed by atoms with Crippen molar-refractivity contribution in [3.63, 3.8) is 0 Å². The fraction of sp³-hybridized carbons (Fsp3) is 0.500. The minimum absolute atomic E-state index is 0.0826. The highest BCUT2D eigenvalue weighted by Gasteiger charge is 2.42. The lowest BCUT2D eigenvalue weighted by molar-refractivity contribution is -0.0126. The summed E-state index contributed by atoms with van der Waals surface area (Å²) in [5.74, 6) is 0. The van der Waals surface area contributed by atoms with Crippen LogP contribution in [-0.2, 0) is 0 Å². The molecule has 0 amide bonds. The Hall–Kier alpha value is -1.65. The van der Waals surface area contributed by atoms with E-state index in [0.29, 0.717) is 11.4 Å². The molecule has 0 fully saturated rings. The highest BCUT2D eigenvalue weighted by molar-refractivity contribution is 6.31. The van der Waals surface area contributed by atoms with Crippen LogP contribution in [0.3, 0.4) is 0 Å². The van der Waals surface area contributed by atoms with E-state index in [0.717, 1.165) is 22.3 Å². The monoisotopic (exact) mass is 359 g/mol. The van der Waals surface area contributed by atoms with Crippen molar-refractivity contribution in [1.82, 2.24) is 15.0 Å². The Morgan fingerprint density at radius 3 is 2.32 bits per heavy atom. The lowest BCUT2D eigenvalue weighted by Gasteiger charge is -2.42. The van der Waals surface area contributed by atoms with Gasteiger partial charge < -0.3 is 5.11 Å². The third-order valence-electron chi connectivity index (χ3n) is 4.93. The highest BCUT2D eigenvalue weighted by Crippen LogP contribution is 2.44. The van der Waals surface area contributed by atoms with Crippen LogP contribution >= 0.6 is 11.6 Å². The summed E-state index contributed by atoms with van der Waals surface area (Å²) in [6.45, 7) is 12.6. The van der Waals surface area contributed by atoms with E-state index < -0.39 is 5.60 Å². The van der Waals surface area contributed by atoms with Gasteiger partial charge in [-0.05, 0) is 46.8 Å². The van der Waals surface area contributed by atoms with Gasteiger partial charge in [0.15, 0.2) is 0 Å². The molecule has 1 aliphatic rings. The van der Waals surface area contributed by atoms with E-state index in [2.05, 4.69) is 57.8 Å². The maximum atomic E-state index is 11.4. The maximum absolute atomic E-state index is 11.4. The van der Waals surface area contributed by atoms with E-state index in [1.807, 2.05) is 18.2 Å². The molecule has 25 heavy (non-hydrogen) atoms. The second kappa shape index (κ2) is 5.68. The zero-order chi connectivity index (χ0) is 18.6. The maximum Gasteiger partial charge on any atom is 0.115 e. The summed E-state index contributed by atoms with van der Waals surface area (Å²) in [6, 6.07) is 5.48. The number of hydrogen-bond acceptors (Lipinski definition) is 3. The van der Waals surface area contributed by atoms with Gasteiger partial charge in [-0.15, -0.1) is 10.2 Å². The van der Waals surface area contributed by atoms with Crippen molar-refractivity contribution in [2.24, 2.45) is 10.8 Å². The summed E-state index contributed by atoms with van der Waals surface area (Å²) in [4.78, 5) is 1.64. The first-order valence-corrected chi connectivity index (χ1v) is 8.96. The molecule has 0 saturated heterocycles. The molecule has 0 saturated carbocycles. The molecule has 2 aromatic rings. The number of allylic oxidation sites excluding steroid dienone is 2. The molecule has 134 valence electrons. The van der Waals surface area contributed by atoms with E-state index in [1.165, 1.54) is 0 Å². The van der Waals surface area contributed by atoms with Crippen LogP contribution in [0.1, 0.15) is 48.0 Å². The number of halogens is 1. The second-order valence-corrected chi connectivity index (χ2v) is 9.40. The fourth-order valence-electron chi connectivity index (χ4n) is 2.92. The molecule has 1 aliphatic carbocycles. The molecule has 4 nitrogen and oxygen atoms in total. The third kappa shape index (κ3) is 3.38. The van der Waals surface area contributed by atoms with Gasteiger partial charge in [-0.2, -0.15) is 4.80 Å². The van der Waals surface area contributed by atoms with Gasteiger partial charge >= 0.3 is 0 Å².